The summed E-state index contributed by atoms with van der Waals surface area (Å²) in [7, 11) is 1.65. The second-order valence-corrected chi connectivity index (χ2v) is 8.34. The first-order valence-electron chi connectivity index (χ1n) is 14.8. The lowest BCUT2D eigenvalue weighted by Gasteiger charge is -2.09. The van der Waals surface area contributed by atoms with Gasteiger partial charge in [-0.3, -0.25) is 0 Å². The molecule has 0 saturated carbocycles. The van der Waals surface area contributed by atoms with Gasteiger partial charge >= 0.3 is 0 Å². The summed E-state index contributed by atoms with van der Waals surface area (Å²) in [5.41, 5.74) is 0. The minimum atomic E-state index is 0.516. The van der Waals surface area contributed by atoms with Gasteiger partial charge in [0, 0.05) is 13.7 Å². The molecule has 0 radical (unpaired) electrons. The van der Waals surface area contributed by atoms with Crippen LogP contribution in [0, 0.1) is 0 Å². The Labute approximate surface area is 247 Å². The van der Waals surface area contributed by atoms with E-state index in [2.05, 4.69) is 6.92 Å². The Balaban J connectivity index is 3.02. The molecule has 248 valence electrons. The first kappa shape index (κ1) is 40.5. The number of hydrogen-bond acceptors (Lipinski definition) is 13. The number of rotatable bonds is 38. The summed E-state index contributed by atoms with van der Waals surface area (Å²) in [5.74, 6) is 0. The molecule has 0 aromatic rings. The van der Waals surface area contributed by atoms with Crippen molar-refractivity contribution in [2.24, 2.45) is 0 Å². The fourth-order valence-corrected chi connectivity index (χ4v) is 2.81. The fraction of sp³-hybridized carbons (Fsp3) is 1.00. The molecular formula is C28H58O13. The van der Waals surface area contributed by atoms with Gasteiger partial charge in [0.1, 0.15) is 0 Å². The van der Waals surface area contributed by atoms with Crippen molar-refractivity contribution in [3.63, 3.8) is 0 Å². The smallest absolute Gasteiger partial charge is 0.0701 e. The van der Waals surface area contributed by atoms with Crippen LogP contribution in [0.15, 0.2) is 0 Å². The van der Waals surface area contributed by atoms with Gasteiger partial charge in [-0.25, -0.2) is 0 Å². The molecule has 0 aliphatic carbocycles. The van der Waals surface area contributed by atoms with Gasteiger partial charge in [0.15, 0.2) is 0 Å². The molecule has 0 unspecified atom stereocenters. The Morgan fingerprint density at radius 1 is 0.220 bits per heavy atom. The average molecular weight is 603 g/mol. The predicted molar refractivity (Wildman–Crippen MR) is 152 cm³/mol. The lowest BCUT2D eigenvalue weighted by Crippen LogP contribution is -2.15. The van der Waals surface area contributed by atoms with Crippen LogP contribution in [-0.4, -0.2) is 172 Å². The van der Waals surface area contributed by atoms with Crippen LogP contribution < -0.4 is 0 Å². The molecule has 0 heterocycles. The summed E-state index contributed by atoms with van der Waals surface area (Å²) in [5, 5.41) is 0. The Kier molecular flexibility index (Phi) is 39.0. The van der Waals surface area contributed by atoms with Crippen molar-refractivity contribution < 1.29 is 61.6 Å². The third-order valence-electron chi connectivity index (χ3n) is 4.87. The maximum absolute atomic E-state index is 5.47. The summed E-state index contributed by atoms with van der Waals surface area (Å²) in [4.78, 5) is 0. The van der Waals surface area contributed by atoms with E-state index in [4.69, 9.17) is 61.6 Å². The van der Waals surface area contributed by atoms with Crippen LogP contribution in [0.3, 0.4) is 0 Å². The second-order valence-electron chi connectivity index (χ2n) is 8.34. The minimum absolute atomic E-state index is 0.516. The van der Waals surface area contributed by atoms with Gasteiger partial charge in [0.05, 0.1) is 159 Å². The van der Waals surface area contributed by atoms with Crippen LogP contribution in [0.5, 0.6) is 0 Å². The number of hydrogen-bond donors (Lipinski definition) is 0. The zero-order chi connectivity index (χ0) is 29.6. The molecule has 0 fully saturated rings. The maximum Gasteiger partial charge on any atom is 0.0701 e. The minimum Gasteiger partial charge on any atom is -0.382 e. The summed E-state index contributed by atoms with van der Waals surface area (Å²) in [6.45, 7) is 15.9. The van der Waals surface area contributed by atoms with E-state index in [1.165, 1.54) is 0 Å². The second kappa shape index (κ2) is 39.5. The monoisotopic (exact) mass is 602 g/mol. The zero-order valence-electron chi connectivity index (χ0n) is 25.7. The molecule has 0 aliphatic heterocycles. The van der Waals surface area contributed by atoms with E-state index >= 15 is 0 Å². The highest BCUT2D eigenvalue weighted by Gasteiger charge is 1.96. The van der Waals surface area contributed by atoms with Crippen LogP contribution in [0.25, 0.3) is 0 Å². The highest BCUT2D eigenvalue weighted by molar-refractivity contribution is 4.39. The summed E-state index contributed by atoms with van der Waals surface area (Å²) >= 11 is 0. The maximum atomic E-state index is 5.47. The van der Waals surface area contributed by atoms with Crippen LogP contribution >= 0.6 is 0 Å². The first-order chi connectivity index (χ1) is 20.4. The third kappa shape index (κ3) is 39.5. The summed E-state index contributed by atoms with van der Waals surface area (Å²) in [6.07, 6.45) is 1.03. The first-order valence-corrected chi connectivity index (χ1v) is 14.8. The van der Waals surface area contributed by atoms with Gasteiger partial charge in [-0.2, -0.15) is 0 Å². The predicted octanol–water partition coefficient (Wildman–Crippen LogP) is 1.24. The SMILES string of the molecule is CCCOCCOCCOCCOCCOCCOCCOCCOCCOCCOCCOCCOCCOC. The molecule has 0 aromatic carbocycles. The van der Waals surface area contributed by atoms with Crippen molar-refractivity contribution >= 4 is 0 Å². The molecule has 0 rings (SSSR count). The standard InChI is InChI=1S/C28H58O13/c1-3-4-30-7-8-32-11-12-34-15-16-36-19-20-38-23-24-40-27-28-41-26-25-39-22-21-37-18-17-35-14-13-33-10-9-31-6-5-29-2/h3-28H2,1-2H3. The van der Waals surface area contributed by atoms with Crippen LogP contribution in [0.4, 0.5) is 0 Å². The molecule has 0 aromatic heterocycles. The molecule has 0 atom stereocenters. The summed E-state index contributed by atoms with van der Waals surface area (Å²) in [6, 6.07) is 0. The lowest BCUT2D eigenvalue weighted by atomic mass is 10.5. The van der Waals surface area contributed by atoms with Crippen molar-refractivity contribution in [2.45, 2.75) is 13.3 Å². The number of ether oxygens (including phenoxy) is 13. The van der Waals surface area contributed by atoms with Crippen LogP contribution in [0.2, 0.25) is 0 Å². The highest BCUT2D eigenvalue weighted by atomic mass is 16.6. The van der Waals surface area contributed by atoms with Crippen molar-refractivity contribution in [3.05, 3.63) is 0 Å². The van der Waals surface area contributed by atoms with Crippen molar-refractivity contribution in [1.29, 1.82) is 0 Å². The molecular weight excluding hydrogens is 544 g/mol. The van der Waals surface area contributed by atoms with Crippen LogP contribution in [-0.2, 0) is 61.6 Å². The van der Waals surface area contributed by atoms with E-state index in [0.717, 1.165) is 13.0 Å². The third-order valence-corrected chi connectivity index (χ3v) is 4.87. The Hall–Kier alpha value is -0.520. The largest absolute Gasteiger partial charge is 0.382 e. The topological polar surface area (TPSA) is 120 Å². The van der Waals surface area contributed by atoms with Crippen molar-refractivity contribution in [3.8, 4) is 0 Å². The van der Waals surface area contributed by atoms with E-state index in [1.54, 1.807) is 7.11 Å². The fourth-order valence-electron chi connectivity index (χ4n) is 2.81. The molecule has 0 bridgehead atoms. The van der Waals surface area contributed by atoms with E-state index in [1.807, 2.05) is 0 Å². The average Bonchev–Trinajstić information content (AvgIpc) is 2.98. The van der Waals surface area contributed by atoms with Gasteiger partial charge in [-0.05, 0) is 6.42 Å². The van der Waals surface area contributed by atoms with Gasteiger partial charge < -0.3 is 61.6 Å². The lowest BCUT2D eigenvalue weighted by molar-refractivity contribution is -0.0287. The molecule has 0 N–H and O–H groups in total. The van der Waals surface area contributed by atoms with E-state index < -0.39 is 0 Å². The molecule has 13 heteroatoms. The highest BCUT2D eigenvalue weighted by Crippen LogP contribution is 1.87. The Morgan fingerprint density at radius 3 is 0.512 bits per heavy atom. The van der Waals surface area contributed by atoms with E-state index in [0.29, 0.717) is 159 Å². The van der Waals surface area contributed by atoms with E-state index in [9.17, 15) is 0 Å². The molecule has 0 amide bonds. The number of methoxy groups -OCH3 is 1. The van der Waals surface area contributed by atoms with Gasteiger partial charge in [0.25, 0.3) is 0 Å². The van der Waals surface area contributed by atoms with Gasteiger partial charge in [-0.15, -0.1) is 0 Å². The molecule has 13 nitrogen and oxygen atoms in total. The molecule has 0 saturated heterocycles. The van der Waals surface area contributed by atoms with Gasteiger partial charge in [-0.1, -0.05) is 6.92 Å². The Morgan fingerprint density at radius 2 is 0.366 bits per heavy atom. The van der Waals surface area contributed by atoms with E-state index in [-0.39, 0.29) is 0 Å². The molecule has 0 spiro atoms. The summed E-state index contributed by atoms with van der Waals surface area (Å²) < 4.78 is 69.9. The molecule has 41 heavy (non-hydrogen) atoms. The normalized spacial score (nSPS) is 11.6. The Bertz CT molecular complexity index is 411. The van der Waals surface area contributed by atoms with Crippen molar-refractivity contribution in [2.75, 3.05) is 172 Å². The quantitative estimate of drug-likeness (QED) is 0.0944. The van der Waals surface area contributed by atoms with Crippen LogP contribution in [0.1, 0.15) is 13.3 Å². The molecule has 0 aliphatic rings. The van der Waals surface area contributed by atoms with Gasteiger partial charge in [0.2, 0.25) is 0 Å². The van der Waals surface area contributed by atoms with Crippen molar-refractivity contribution in [1.82, 2.24) is 0 Å². The zero-order valence-corrected chi connectivity index (χ0v) is 25.7.